The van der Waals surface area contributed by atoms with Crippen LogP contribution in [0.25, 0.3) is 0 Å². The number of benzene rings is 2. The molecular formula is C39H63NO2. The first kappa shape index (κ1) is 36.1. The molecule has 0 aliphatic heterocycles. The van der Waals surface area contributed by atoms with Crippen LogP contribution in [0.1, 0.15) is 151 Å². The number of ketones is 1. The first-order valence-electron chi connectivity index (χ1n) is 17.6. The molecule has 0 heterocycles. The van der Waals surface area contributed by atoms with Crippen LogP contribution in [0.5, 0.6) is 5.75 Å². The van der Waals surface area contributed by atoms with Gasteiger partial charge in [-0.15, -0.1) is 0 Å². The van der Waals surface area contributed by atoms with Gasteiger partial charge in [-0.1, -0.05) is 159 Å². The lowest BCUT2D eigenvalue weighted by Gasteiger charge is -2.17. The second-order valence-corrected chi connectivity index (χ2v) is 12.7. The number of carbonyl (C=O) groups excluding carboxylic acids is 1. The Morgan fingerprint density at radius 1 is 0.619 bits per heavy atom. The summed E-state index contributed by atoms with van der Waals surface area (Å²) in [4.78, 5) is 15.3. The van der Waals surface area contributed by atoms with Crippen LogP contribution < -0.4 is 4.74 Å². The van der Waals surface area contributed by atoms with Crippen LogP contribution >= 0.6 is 0 Å². The Kier molecular flexibility index (Phi) is 20.9. The van der Waals surface area contributed by atoms with Gasteiger partial charge in [0.1, 0.15) is 5.75 Å². The largest absolute Gasteiger partial charge is 0.493 e. The maximum Gasteiger partial charge on any atom is 0.196 e. The van der Waals surface area contributed by atoms with Crippen molar-refractivity contribution in [1.29, 1.82) is 0 Å². The van der Waals surface area contributed by atoms with E-state index in [0.717, 1.165) is 12.3 Å². The van der Waals surface area contributed by atoms with Gasteiger partial charge in [0.15, 0.2) is 5.78 Å². The van der Waals surface area contributed by atoms with Gasteiger partial charge in [-0.2, -0.15) is 0 Å². The van der Waals surface area contributed by atoms with Crippen molar-refractivity contribution < 1.29 is 9.53 Å². The summed E-state index contributed by atoms with van der Waals surface area (Å²) in [5.41, 5.74) is 1.37. The van der Waals surface area contributed by atoms with Crippen molar-refractivity contribution in [1.82, 2.24) is 4.90 Å². The highest BCUT2D eigenvalue weighted by Gasteiger charge is 2.14. The summed E-state index contributed by atoms with van der Waals surface area (Å²) in [7, 11) is 4.34. The molecule has 0 aliphatic carbocycles. The van der Waals surface area contributed by atoms with Gasteiger partial charge >= 0.3 is 0 Å². The van der Waals surface area contributed by atoms with E-state index in [1.165, 1.54) is 129 Å². The normalized spacial score (nSPS) is 12.1. The summed E-state index contributed by atoms with van der Waals surface area (Å²) in [6.07, 6.45) is 27.4. The third-order valence-corrected chi connectivity index (χ3v) is 8.62. The Hall–Kier alpha value is -2.13. The summed E-state index contributed by atoms with van der Waals surface area (Å²) in [6.45, 7) is 4.22. The van der Waals surface area contributed by atoms with Gasteiger partial charge in [0.2, 0.25) is 0 Å². The van der Waals surface area contributed by atoms with Crippen molar-refractivity contribution in [3.8, 4) is 5.75 Å². The fourth-order valence-electron chi connectivity index (χ4n) is 5.99. The molecule has 0 radical (unpaired) electrons. The number of hydrogen-bond acceptors (Lipinski definition) is 3. The van der Waals surface area contributed by atoms with Crippen LogP contribution in [0.2, 0.25) is 0 Å². The Morgan fingerprint density at radius 2 is 1.12 bits per heavy atom. The van der Waals surface area contributed by atoms with Gasteiger partial charge in [0.25, 0.3) is 0 Å². The molecule has 2 aromatic rings. The number of carbonyl (C=O) groups is 1. The highest BCUT2D eigenvalue weighted by atomic mass is 16.5. The molecule has 0 saturated carbocycles. The summed E-state index contributed by atoms with van der Waals surface area (Å²) < 4.78 is 6.14. The molecule has 2 rings (SSSR count). The molecule has 0 bridgehead atoms. The van der Waals surface area contributed by atoms with Gasteiger partial charge in [-0.25, -0.2) is 0 Å². The van der Waals surface area contributed by atoms with E-state index in [-0.39, 0.29) is 5.78 Å². The molecule has 0 amide bonds. The average Bonchev–Trinajstić information content (AvgIpc) is 3.01. The molecule has 42 heavy (non-hydrogen) atoms. The smallest absolute Gasteiger partial charge is 0.196 e. The third-order valence-electron chi connectivity index (χ3n) is 8.62. The molecule has 236 valence electrons. The maximum absolute atomic E-state index is 13.0. The van der Waals surface area contributed by atoms with Crippen molar-refractivity contribution in [3.05, 3.63) is 65.7 Å². The second-order valence-electron chi connectivity index (χ2n) is 12.7. The molecule has 2 aromatic carbocycles. The van der Waals surface area contributed by atoms with Gasteiger partial charge in [0, 0.05) is 5.56 Å². The minimum absolute atomic E-state index is 0.0319. The Labute approximate surface area is 259 Å². The predicted molar refractivity (Wildman–Crippen MR) is 182 cm³/mol. The van der Waals surface area contributed by atoms with Crippen LogP contribution in [0.15, 0.2) is 54.6 Å². The predicted octanol–water partition coefficient (Wildman–Crippen LogP) is 11.3. The lowest BCUT2D eigenvalue weighted by atomic mass is 9.90. The third kappa shape index (κ3) is 17.1. The molecule has 0 aliphatic rings. The van der Waals surface area contributed by atoms with E-state index < -0.39 is 0 Å². The van der Waals surface area contributed by atoms with Gasteiger partial charge < -0.3 is 9.64 Å². The van der Waals surface area contributed by atoms with Gasteiger partial charge in [-0.05, 0) is 58.0 Å². The molecule has 1 unspecified atom stereocenters. The number of rotatable bonds is 27. The fourth-order valence-corrected chi connectivity index (χ4v) is 5.99. The molecule has 0 fully saturated rings. The zero-order valence-electron chi connectivity index (χ0n) is 27.6. The van der Waals surface area contributed by atoms with E-state index in [4.69, 9.17) is 4.74 Å². The van der Waals surface area contributed by atoms with Crippen molar-refractivity contribution in [2.24, 2.45) is 5.92 Å². The first-order valence-corrected chi connectivity index (χ1v) is 17.6. The monoisotopic (exact) mass is 577 g/mol. The SMILES string of the molecule is CCCCCCC(CCCCCCCCCCCCCN(C)C)CCCCOc1ccccc1C(=O)c1ccccc1. The lowest BCUT2D eigenvalue weighted by molar-refractivity contribution is 0.103. The first-order chi connectivity index (χ1) is 20.6. The molecular weight excluding hydrogens is 514 g/mol. The number of unbranched alkanes of at least 4 members (excludes halogenated alkanes) is 14. The van der Waals surface area contributed by atoms with Crippen LogP contribution in [0.4, 0.5) is 0 Å². The standard InChI is InChI=1S/C39H63NO2/c1-4-5-6-17-26-35(27-18-14-12-10-8-7-9-11-13-15-24-33-40(2)3)28-23-25-34-42-38-32-22-21-31-37(38)39(41)36-29-19-16-20-30-36/h16,19-22,29-32,35H,4-15,17-18,23-28,33-34H2,1-3H3. The number of nitrogens with zero attached hydrogens (tertiary/aromatic N) is 1. The van der Waals surface area contributed by atoms with Crippen LogP contribution in [-0.4, -0.2) is 37.9 Å². The van der Waals surface area contributed by atoms with E-state index in [1.54, 1.807) is 0 Å². The van der Waals surface area contributed by atoms with Crippen LogP contribution in [0.3, 0.4) is 0 Å². The van der Waals surface area contributed by atoms with E-state index in [2.05, 4.69) is 25.9 Å². The zero-order chi connectivity index (χ0) is 30.1. The van der Waals surface area contributed by atoms with E-state index in [9.17, 15) is 4.79 Å². The summed E-state index contributed by atoms with van der Waals surface area (Å²) in [5, 5.41) is 0. The minimum Gasteiger partial charge on any atom is -0.493 e. The van der Waals surface area contributed by atoms with Gasteiger partial charge in [0.05, 0.1) is 12.2 Å². The Balaban J connectivity index is 1.60. The minimum atomic E-state index is 0.0319. The second kappa shape index (κ2) is 24.3. The average molecular weight is 578 g/mol. The van der Waals surface area contributed by atoms with Crippen molar-refractivity contribution in [3.63, 3.8) is 0 Å². The molecule has 3 nitrogen and oxygen atoms in total. The van der Waals surface area contributed by atoms with E-state index >= 15 is 0 Å². The van der Waals surface area contributed by atoms with Crippen LogP contribution in [0, 0.1) is 5.92 Å². The van der Waals surface area contributed by atoms with Crippen molar-refractivity contribution >= 4 is 5.78 Å². The van der Waals surface area contributed by atoms with Crippen molar-refractivity contribution in [2.75, 3.05) is 27.2 Å². The highest BCUT2D eigenvalue weighted by Crippen LogP contribution is 2.25. The topological polar surface area (TPSA) is 29.5 Å². The van der Waals surface area contributed by atoms with E-state index in [0.29, 0.717) is 23.5 Å². The molecule has 0 N–H and O–H groups in total. The van der Waals surface area contributed by atoms with Crippen LogP contribution in [-0.2, 0) is 0 Å². The molecule has 0 saturated heterocycles. The zero-order valence-corrected chi connectivity index (χ0v) is 27.6. The van der Waals surface area contributed by atoms with Crippen molar-refractivity contribution in [2.45, 2.75) is 135 Å². The highest BCUT2D eigenvalue weighted by molar-refractivity contribution is 6.10. The summed E-state index contributed by atoms with van der Waals surface area (Å²) in [5.74, 6) is 1.60. The molecule has 3 heteroatoms. The number of para-hydroxylation sites is 1. The number of ether oxygens (including phenoxy) is 1. The Bertz CT molecular complexity index is 910. The van der Waals surface area contributed by atoms with Gasteiger partial charge in [-0.3, -0.25) is 4.79 Å². The summed E-state index contributed by atoms with van der Waals surface area (Å²) in [6, 6.07) is 17.2. The lowest BCUT2D eigenvalue weighted by Crippen LogP contribution is -2.12. The molecule has 0 aromatic heterocycles. The Morgan fingerprint density at radius 3 is 1.71 bits per heavy atom. The number of hydrogen-bond donors (Lipinski definition) is 0. The molecule has 1 atom stereocenters. The quantitative estimate of drug-likeness (QED) is 0.0781. The molecule has 0 spiro atoms. The summed E-state index contributed by atoms with van der Waals surface area (Å²) >= 11 is 0. The fraction of sp³-hybridized carbons (Fsp3) is 0.667. The van der Waals surface area contributed by atoms with E-state index in [1.807, 2.05) is 54.6 Å². The maximum atomic E-state index is 13.0.